The lowest BCUT2D eigenvalue weighted by atomic mass is 10.0. The Morgan fingerprint density at radius 2 is 2.00 bits per heavy atom. The number of nitrogens with one attached hydrogen (secondary N) is 1. The van der Waals surface area contributed by atoms with E-state index in [4.69, 9.17) is 4.74 Å². The second kappa shape index (κ2) is 8.60. The first-order chi connectivity index (χ1) is 9.45. The SMILES string of the molecule is CCNC1COCC1C(=O)N(CCN(C)C)CC(C)C. The fourth-order valence-corrected chi connectivity index (χ4v) is 2.55. The molecule has 0 aliphatic carbocycles. The number of hydrogen-bond donors (Lipinski definition) is 1. The van der Waals surface area contributed by atoms with E-state index >= 15 is 0 Å². The maximum Gasteiger partial charge on any atom is 0.229 e. The summed E-state index contributed by atoms with van der Waals surface area (Å²) in [5.41, 5.74) is 0. The van der Waals surface area contributed by atoms with Crippen molar-refractivity contribution in [2.24, 2.45) is 11.8 Å². The molecule has 1 aliphatic rings. The second-order valence-electron chi connectivity index (χ2n) is 6.29. The van der Waals surface area contributed by atoms with Gasteiger partial charge in [0.25, 0.3) is 0 Å². The van der Waals surface area contributed by atoms with Gasteiger partial charge in [-0.15, -0.1) is 0 Å². The zero-order valence-electron chi connectivity index (χ0n) is 13.7. The van der Waals surface area contributed by atoms with Crippen LogP contribution in [0.4, 0.5) is 0 Å². The minimum absolute atomic E-state index is 0.0316. The van der Waals surface area contributed by atoms with E-state index in [1.54, 1.807) is 0 Å². The number of likely N-dealkylation sites (N-methyl/N-ethyl adjacent to an activating group) is 2. The average Bonchev–Trinajstić information content (AvgIpc) is 2.81. The van der Waals surface area contributed by atoms with Gasteiger partial charge >= 0.3 is 0 Å². The van der Waals surface area contributed by atoms with Crippen LogP contribution in [0.5, 0.6) is 0 Å². The predicted molar refractivity (Wildman–Crippen MR) is 81.7 cm³/mol. The van der Waals surface area contributed by atoms with E-state index in [1.165, 1.54) is 0 Å². The monoisotopic (exact) mass is 285 g/mol. The van der Waals surface area contributed by atoms with Crippen LogP contribution in [0.25, 0.3) is 0 Å². The molecule has 2 unspecified atom stereocenters. The van der Waals surface area contributed by atoms with Crippen LogP contribution < -0.4 is 5.32 Å². The van der Waals surface area contributed by atoms with Gasteiger partial charge in [-0.1, -0.05) is 20.8 Å². The summed E-state index contributed by atoms with van der Waals surface area (Å²) in [5.74, 6) is 0.695. The van der Waals surface area contributed by atoms with Gasteiger partial charge in [-0.2, -0.15) is 0 Å². The number of hydrogen-bond acceptors (Lipinski definition) is 4. The van der Waals surface area contributed by atoms with Gasteiger partial charge in [0.2, 0.25) is 5.91 Å². The van der Waals surface area contributed by atoms with Crippen molar-refractivity contribution >= 4 is 5.91 Å². The van der Waals surface area contributed by atoms with Crippen LogP contribution in [0.3, 0.4) is 0 Å². The van der Waals surface area contributed by atoms with Gasteiger partial charge in [0, 0.05) is 25.7 Å². The Hall–Kier alpha value is -0.650. The molecule has 1 saturated heterocycles. The first-order valence-corrected chi connectivity index (χ1v) is 7.70. The van der Waals surface area contributed by atoms with Gasteiger partial charge in [0.05, 0.1) is 19.1 Å². The minimum Gasteiger partial charge on any atom is -0.379 e. The summed E-state index contributed by atoms with van der Waals surface area (Å²) < 4.78 is 5.50. The number of rotatable bonds is 8. The summed E-state index contributed by atoms with van der Waals surface area (Å²) in [6.45, 7) is 11.0. The standard InChI is InChI=1S/C15H31N3O2/c1-6-16-14-11-20-10-13(14)15(19)18(9-12(2)3)8-7-17(4)5/h12-14,16H,6-11H2,1-5H3. The van der Waals surface area contributed by atoms with Crippen molar-refractivity contribution in [1.82, 2.24) is 15.1 Å². The molecule has 0 aromatic carbocycles. The Labute approximate surface area is 123 Å². The van der Waals surface area contributed by atoms with Crippen LogP contribution in [0, 0.1) is 11.8 Å². The maximum atomic E-state index is 12.8. The molecule has 1 N–H and O–H groups in total. The van der Waals surface area contributed by atoms with Gasteiger partial charge in [0.1, 0.15) is 0 Å². The molecule has 5 nitrogen and oxygen atoms in total. The Bertz CT molecular complexity index is 295. The van der Waals surface area contributed by atoms with E-state index in [0.717, 1.165) is 26.2 Å². The fourth-order valence-electron chi connectivity index (χ4n) is 2.55. The lowest BCUT2D eigenvalue weighted by Gasteiger charge is -2.30. The molecule has 0 aromatic heterocycles. The van der Waals surface area contributed by atoms with E-state index < -0.39 is 0 Å². The highest BCUT2D eigenvalue weighted by Crippen LogP contribution is 2.17. The maximum absolute atomic E-state index is 12.8. The molecule has 5 heteroatoms. The Kier molecular flexibility index (Phi) is 7.48. The largest absolute Gasteiger partial charge is 0.379 e. The number of ether oxygens (including phenoxy) is 1. The van der Waals surface area contributed by atoms with Crippen LogP contribution >= 0.6 is 0 Å². The van der Waals surface area contributed by atoms with Crippen LogP contribution in [-0.4, -0.2) is 75.2 Å². The lowest BCUT2D eigenvalue weighted by molar-refractivity contribution is -0.136. The van der Waals surface area contributed by atoms with E-state index in [2.05, 4.69) is 31.0 Å². The molecule has 0 radical (unpaired) electrons. The van der Waals surface area contributed by atoms with Crippen molar-refractivity contribution in [3.8, 4) is 0 Å². The summed E-state index contributed by atoms with van der Waals surface area (Å²) >= 11 is 0. The van der Waals surface area contributed by atoms with E-state index in [-0.39, 0.29) is 17.9 Å². The van der Waals surface area contributed by atoms with E-state index in [1.807, 2.05) is 19.0 Å². The van der Waals surface area contributed by atoms with Crippen LogP contribution in [0.2, 0.25) is 0 Å². The third-order valence-electron chi connectivity index (χ3n) is 3.58. The van der Waals surface area contributed by atoms with Crippen LogP contribution in [0.15, 0.2) is 0 Å². The predicted octanol–water partition coefficient (Wildman–Crippen LogP) is 0.657. The summed E-state index contributed by atoms with van der Waals surface area (Å²) in [5, 5.41) is 3.37. The average molecular weight is 285 g/mol. The molecule has 0 bridgehead atoms. The normalized spacial score (nSPS) is 22.8. The molecule has 1 heterocycles. The molecule has 20 heavy (non-hydrogen) atoms. The second-order valence-corrected chi connectivity index (χ2v) is 6.29. The fraction of sp³-hybridized carbons (Fsp3) is 0.933. The highest BCUT2D eigenvalue weighted by Gasteiger charge is 2.36. The molecular formula is C15H31N3O2. The Balaban J connectivity index is 2.65. The van der Waals surface area contributed by atoms with Crippen molar-refractivity contribution in [3.63, 3.8) is 0 Å². The molecule has 0 spiro atoms. The van der Waals surface area contributed by atoms with Gasteiger partial charge in [-0.05, 0) is 26.6 Å². The first-order valence-electron chi connectivity index (χ1n) is 7.70. The van der Waals surface area contributed by atoms with Crippen molar-refractivity contribution in [2.75, 3.05) is 53.5 Å². The number of carbonyl (C=O) groups is 1. The molecule has 0 aromatic rings. The quantitative estimate of drug-likeness (QED) is 0.711. The van der Waals surface area contributed by atoms with Gasteiger partial charge in [-0.25, -0.2) is 0 Å². The van der Waals surface area contributed by atoms with Crippen molar-refractivity contribution in [1.29, 1.82) is 0 Å². The third kappa shape index (κ3) is 5.38. The minimum atomic E-state index is -0.0316. The van der Waals surface area contributed by atoms with Crippen molar-refractivity contribution in [2.45, 2.75) is 26.8 Å². The lowest BCUT2D eigenvalue weighted by Crippen LogP contribution is -2.48. The van der Waals surface area contributed by atoms with Crippen molar-refractivity contribution < 1.29 is 9.53 Å². The van der Waals surface area contributed by atoms with Crippen LogP contribution in [-0.2, 0) is 9.53 Å². The van der Waals surface area contributed by atoms with Gasteiger partial charge < -0.3 is 19.9 Å². The molecule has 1 aliphatic heterocycles. The Morgan fingerprint density at radius 1 is 1.30 bits per heavy atom. The highest BCUT2D eigenvalue weighted by atomic mass is 16.5. The van der Waals surface area contributed by atoms with Crippen molar-refractivity contribution in [3.05, 3.63) is 0 Å². The zero-order valence-corrected chi connectivity index (χ0v) is 13.7. The zero-order chi connectivity index (χ0) is 15.1. The number of amides is 1. The number of carbonyl (C=O) groups excluding carboxylic acids is 1. The number of nitrogens with zero attached hydrogens (tertiary/aromatic N) is 2. The molecule has 1 fully saturated rings. The molecule has 1 rings (SSSR count). The highest BCUT2D eigenvalue weighted by molar-refractivity contribution is 5.80. The topological polar surface area (TPSA) is 44.8 Å². The Morgan fingerprint density at radius 3 is 2.55 bits per heavy atom. The first kappa shape index (κ1) is 17.4. The summed E-state index contributed by atoms with van der Waals surface area (Å²) in [7, 11) is 4.08. The molecule has 118 valence electrons. The van der Waals surface area contributed by atoms with E-state index in [0.29, 0.717) is 19.1 Å². The van der Waals surface area contributed by atoms with Gasteiger partial charge in [-0.3, -0.25) is 4.79 Å². The third-order valence-corrected chi connectivity index (χ3v) is 3.58. The molecule has 2 atom stereocenters. The van der Waals surface area contributed by atoms with Gasteiger partial charge in [0.15, 0.2) is 0 Å². The summed E-state index contributed by atoms with van der Waals surface area (Å²) in [4.78, 5) is 16.9. The smallest absolute Gasteiger partial charge is 0.229 e. The summed E-state index contributed by atoms with van der Waals surface area (Å²) in [6.07, 6.45) is 0. The molecule has 1 amide bonds. The molecule has 0 saturated carbocycles. The molecular weight excluding hydrogens is 254 g/mol. The van der Waals surface area contributed by atoms with Crippen LogP contribution in [0.1, 0.15) is 20.8 Å². The summed E-state index contributed by atoms with van der Waals surface area (Å²) in [6, 6.07) is 0.168. The van der Waals surface area contributed by atoms with E-state index in [9.17, 15) is 4.79 Å².